The van der Waals surface area contributed by atoms with Crippen LogP contribution in [0.25, 0.3) is 0 Å². The zero-order chi connectivity index (χ0) is 13.9. The molecule has 1 saturated heterocycles. The van der Waals surface area contributed by atoms with Crippen molar-refractivity contribution in [2.75, 3.05) is 11.4 Å². The lowest BCUT2D eigenvalue weighted by molar-refractivity contribution is 0.714. The van der Waals surface area contributed by atoms with Crippen LogP contribution in [0.4, 0.5) is 5.69 Å². The Labute approximate surface area is 120 Å². The van der Waals surface area contributed by atoms with Gasteiger partial charge in [0.1, 0.15) is 0 Å². The van der Waals surface area contributed by atoms with E-state index in [4.69, 9.17) is 5.73 Å². The van der Waals surface area contributed by atoms with E-state index in [1.807, 2.05) is 12.4 Å². The molecule has 3 heteroatoms. The molecule has 1 atom stereocenters. The molecule has 0 amide bonds. The lowest BCUT2D eigenvalue weighted by Crippen LogP contribution is -2.24. The molecule has 3 rings (SSSR count). The summed E-state index contributed by atoms with van der Waals surface area (Å²) >= 11 is 0. The molecule has 20 heavy (non-hydrogen) atoms. The lowest BCUT2D eigenvalue weighted by Gasteiger charge is -2.29. The first kappa shape index (κ1) is 13.1. The van der Waals surface area contributed by atoms with Gasteiger partial charge in [-0.25, -0.2) is 0 Å². The maximum absolute atomic E-state index is 5.93. The lowest BCUT2D eigenvalue weighted by atomic mass is 10.0. The van der Waals surface area contributed by atoms with Crippen molar-refractivity contribution in [2.45, 2.75) is 32.4 Å². The number of hydrogen-bond acceptors (Lipinski definition) is 3. The summed E-state index contributed by atoms with van der Waals surface area (Å²) in [6.07, 6.45) is 6.18. The summed E-state index contributed by atoms with van der Waals surface area (Å²) in [5.74, 6) is 0. The molecule has 1 aromatic heterocycles. The highest BCUT2D eigenvalue weighted by molar-refractivity contribution is 5.57. The third-order valence-corrected chi connectivity index (χ3v) is 4.11. The largest absolute Gasteiger partial charge is 0.364 e. The molecule has 2 aromatic rings. The van der Waals surface area contributed by atoms with Crippen LogP contribution in [0.3, 0.4) is 0 Å². The molecule has 104 valence electrons. The highest BCUT2D eigenvalue weighted by atomic mass is 15.2. The molecule has 1 aromatic carbocycles. The first-order valence-electron chi connectivity index (χ1n) is 7.26. The van der Waals surface area contributed by atoms with Crippen molar-refractivity contribution in [2.24, 2.45) is 5.73 Å². The Morgan fingerprint density at radius 3 is 2.80 bits per heavy atom. The van der Waals surface area contributed by atoms with Gasteiger partial charge in [-0.15, -0.1) is 0 Å². The fraction of sp³-hybridized carbons (Fsp3) is 0.353. The van der Waals surface area contributed by atoms with E-state index in [1.165, 1.54) is 35.2 Å². The summed E-state index contributed by atoms with van der Waals surface area (Å²) in [5.41, 5.74) is 11.1. The van der Waals surface area contributed by atoms with Crippen LogP contribution in [-0.2, 0) is 6.54 Å². The van der Waals surface area contributed by atoms with Gasteiger partial charge in [-0.05, 0) is 49.1 Å². The number of hydrogen-bond donors (Lipinski definition) is 1. The van der Waals surface area contributed by atoms with Crippen LogP contribution in [0, 0.1) is 6.92 Å². The molecule has 0 aliphatic carbocycles. The molecule has 1 fully saturated rings. The average molecular weight is 267 g/mol. The minimum atomic E-state index is 0.450. The first-order chi connectivity index (χ1) is 9.79. The SMILES string of the molecule is Cc1ccc(N2CCCC2c2ccncc2)c(CN)c1. The highest BCUT2D eigenvalue weighted by Crippen LogP contribution is 2.37. The summed E-state index contributed by atoms with van der Waals surface area (Å²) in [6, 6.07) is 11.3. The molecular formula is C17H21N3. The van der Waals surface area contributed by atoms with Crippen LogP contribution in [0.2, 0.25) is 0 Å². The summed E-state index contributed by atoms with van der Waals surface area (Å²) in [6.45, 7) is 3.81. The monoisotopic (exact) mass is 267 g/mol. The normalized spacial score (nSPS) is 18.5. The van der Waals surface area contributed by atoms with Gasteiger partial charge in [0, 0.05) is 31.2 Å². The van der Waals surface area contributed by atoms with E-state index < -0.39 is 0 Å². The van der Waals surface area contributed by atoms with Crippen molar-refractivity contribution in [3.05, 3.63) is 59.4 Å². The highest BCUT2D eigenvalue weighted by Gasteiger charge is 2.27. The van der Waals surface area contributed by atoms with Gasteiger partial charge < -0.3 is 10.6 Å². The number of aryl methyl sites for hydroxylation is 1. The Kier molecular flexibility index (Phi) is 3.70. The Bertz CT molecular complexity index is 580. The van der Waals surface area contributed by atoms with Crippen molar-refractivity contribution >= 4 is 5.69 Å². The summed E-state index contributed by atoms with van der Waals surface area (Å²) in [4.78, 5) is 6.62. The number of aromatic nitrogens is 1. The van der Waals surface area contributed by atoms with Crippen LogP contribution in [0.5, 0.6) is 0 Å². The zero-order valence-electron chi connectivity index (χ0n) is 11.9. The fourth-order valence-electron chi connectivity index (χ4n) is 3.15. The molecule has 0 bridgehead atoms. The Hall–Kier alpha value is -1.87. The molecule has 1 aliphatic rings. The Balaban J connectivity index is 1.97. The number of anilines is 1. The number of benzene rings is 1. The van der Waals surface area contributed by atoms with Gasteiger partial charge in [0.25, 0.3) is 0 Å². The summed E-state index contributed by atoms with van der Waals surface area (Å²) in [7, 11) is 0. The van der Waals surface area contributed by atoms with Gasteiger partial charge >= 0.3 is 0 Å². The average Bonchev–Trinajstić information content (AvgIpc) is 2.97. The Morgan fingerprint density at radius 2 is 2.05 bits per heavy atom. The smallest absolute Gasteiger partial charge is 0.0544 e. The van der Waals surface area contributed by atoms with Crippen LogP contribution < -0.4 is 10.6 Å². The van der Waals surface area contributed by atoms with Gasteiger partial charge in [0.15, 0.2) is 0 Å². The Morgan fingerprint density at radius 1 is 1.25 bits per heavy atom. The van der Waals surface area contributed by atoms with E-state index in [-0.39, 0.29) is 0 Å². The molecular weight excluding hydrogens is 246 g/mol. The molecule has 2 N–H and O–H groups in total. The van der Waals surface area contributed by atoms with Gasteiger partial charge in [-0.2, -0.15) is 0 Å². The topological polar surface area (TPSA) is 42.2 Å². The van der Waals surface area contributed by atoms with E-state index in [2.05, 4.69) is 47.1 Å². The second-order valence-corrected chi connectivity index (χ2v) is 5.47. The summed E-state index contributed by atoms with van der Waals surface area (Å²) in [5, 5.41) is 0. The van der Waals surface area contributed by atoms with E-state index in [0.29, 0.717) is 12.6 Å². The third-order valence-electron chi connectivity index (χ3n) is 4.11. The van der Waals surface area contributed by atoms with Gasteiger partial charge in [0.05, 0.1) is 6.04 Å². The number of nitrogens with two attached hydrogens (primary N) is 1. The van der Waals surface area contributed by atoms with E-state index >= 15 is 0 Å². The van der Waals surface area contributed by atoms with Crippen molar-refractivity contribution in [3.63, 3.8) is 0 Å². The fourth-order valence-corrected chi connectivity index (χ4v) is 3.15. The molecule has 3 nitrogen and oxygen atoms in total. The second kappa shape index (κ2) is 5.63. The number of pyridine rings is 1. The second-order valence-electron chi connectivity index (χ2n) is 5.47. The molecule has 1 unspecified atom stereocenters. The van der Waals surface area contributed by atoms with Crippen molar-refractivity contribution in [3.8, 4) is 0 Å². The molecule has 0 radical (unpaired) electrons. The van der Waals surface area contributed by atoms with E-state index in [9.17, 15) is 0 Å². The quantitative estimate of drug-likeness (QED) is 0.928. The van der Waals surface area contributed by atoms with Gasteiger partial charge in [-0.3, -0.25) is 4.98 Å². The van der Waals surface area contributed by atoms with Crippen molar-refractivity contribution in [1.29, 1.82) is 0 Å². The number of rotatable bonds is 3. The summed E-state index contributed by atoms with van der Waals surface area (Å²) < 4.78 is 0. The maximum atomic E-state index is 5.93. The standard InChI is InChI=1S/C17H21N3/c1-13-4-5-17(15(11-13)12-18)20-10-2-3-16(20)14-6-8-19-9-7-14/h4-9,11,16H,2-3,10,12,18H2,1H3. The van der Waals surface area contributed by atoms with Crippen molar-refractivity contribution < 1.29 is 0 Å². The van der Waals surface area contributed by atoms with Crippen LogP contribution in [-0.4, -0.2) is 11.5 Å². The predicted molar refractivity (Wildman–Crippen MR) is 82.6 cm³/mol. The minimum Gasteiger partial charge on any atom is -0.364 e. The maximum Gasteiger partial charge on any atom is 0.0544 e. The van der Waals surface area contributed by atoms with Crippen LogP contribution >= 0.6 is 0 Å². The minimum absolute atomic E-state index is 0.450. The zero-order valence-corrected chi connectivity index (χ0v) is 11.9. The van der Waals surface area contributed by atoms with E-state index in [0.717, 1.165) is 6.54 Å². The van der Waals surface area contributed by atoms with Crippen LogP contribution in [0.1, 0.15) is 35.6 Å². The molecule has 2 heterocycles. The third kappa shape index (κ3) is 2.41. The molecule has 1 aliphatic heterocycles. The van der Waals surface area contributed by atoms with Gasteiger partial charge in [0.2, 0.25) is 0 Å². The predicted octanol–water partition coefficient (Wildman–Crippen LogP) is 3.19. The van der Waals surface area contributed by atoms with Gasteiger partial charge in [-0.1, -0.05) is 17.7 Å². The first-order valence-corrected chi connectivity index (χ1v) is 7.26. The number of nitrogens with zero attached hydrogens (tertiary/aromatic N) is 2. The molecule has 0 spiro atoms. The van der Waals surface area contributed by atoms with E-state index in [1.54, 1.807) is 0 Å². The van der Waals surface area contributed by atoms with Crippen molar-refractivity contribution in [1.82, 2.24) is 4.98 Å². The van der Waals surface area contributed by atoms with Crippen LogP contribution in [0.15, 0.2) is 42.7 Å². The molecule has 0 saturated carbocycles.